The van der Waals surface area contributed by atoms with Gasteiger partial charge in [-0.25, -0.2) is 0 Å². The van der Waals surface area contributed by atoms with Gasteiger partial charge in [0, 0.05) is 5.92 Å². The van der Waals surface area contributed by atoms with Crippen LogP contribution >= 0.6 is 0 Å². The van der Waals surface area contributed by atoms with E-state index in [1.165, 1.54) is 16.0 Å². The summed E-state index contributed by atoms with van der Waals surface area (Å²) < 4.78 is 5.43. The summed E-state index contributed by atoms with van der Waals surface area (Å²) in [5.74, 6) is -0.167. The van der Waals surface area contributed by atoms with E-state index in [0.717, 1.165) is 11.3 Å². The van der Waals surface area contributed by atoms with E-state index in [4.69, 9.17) is 4.74 Å². The van der Waals surface area contributed by atoms with Crippen molar-refractivity contribution >= 4 is 17.5 Å². The lowest BCUT2D eigenvalue weighted by atomic mass is 9.89. The van der Waals surface area contributed by atoms with Crippen molar-refractivity contribution in [2.24, 2.45) is 11.8 Å². The van der Waals surface area contributed by atoms with Crippen molar-refractivity contribution in [1.82, 2.24) is 0 Å². The molecule has 0 saturated carbocycles. The Hall–Kier alpha value is -2.62. The molecular weight excluding hydrogens is 326 g/mol. The van der Waals surface area contributed by atoms with Gasteiger partial charge in [-0.3, -0.25) is 14.5 Å². The highest BCUT2D eigenvalue weighted by Gasteiger charge is 2.45. The third-order valence-corrected chi connectivity index (χ3v) is 4.89. The second kappa shape index (κ2) is 7.32. The number of hydrogen-bond acceptors (Lipinski definition) is 3. The predicted molar refractivity (Wildman–Crippen MR) is 102 cm³/mol. The molecule has 0 unspecified atom stereocenters. The number of aryl methyl sites for hydroxylation is 2. The molecule has 2 atom stereocenters. The van der Waals surface area contributed by atoms with Crippen molar-refractivity contribution in [3.05, 3.63) is 59.2 Å². The zero-order valence-electron chi connectivity index (χ0n) is 15.8. The minimum atomic E-state index is -0.324. The van der Waals surface area contributed by atoms with Crippen LogP contribution in [0.4, 0.5) is 5.69 Å². The number of ether oxygens (including phenoxy) is 1. The van der Waals surface area contributed by atoms with E-state index in [1.54, 1.807) is 24.3 Å². The van der Waals surface area contributed by atoms with Crippen molar-refractivity contribution in [3.8, 4) is 5.75 Å². The number of nitrogens with zero attached hydrogens (tertiary/aromatic N) is 1. The molecule has 4 heteroatoms. The van der Waals surface area contributed by atoms with Crippen molar-refractivity contribution in [3.63, 3.8) is 0 Å². The van der Waals surface area contributed by atoms with Crippen LogP contribution in [0.15, 0.2) is 42.5 Å². The van der Waals surface area contributed by atoms with Crippen LogP contribution in [0.1, 0.15) is 30.5 Å². The van der Waals surface area contributed by atoms with E-state index in [-0.39, 0.29) is 23.7 Å². The topological polar surface area (TPSA) is 46.6 Å². The zero-order chi connectivity index (χ0) is 18.8. The summed E-state index contributed by atoms with van der Waals surface area (Å²) in [6.45, 7) is 8.44. The fourth-order valence-corrected chi connectivity index (χ4v) is 3.68. The van der Waals surface area contributed by atoms with Gasteiger partial charge in [-0.1, -0.05) is 36.2 Å². The molecule has 0 spiro atoms. The summed E-state index contributed by atoms with van der Waals surface area (Å²) in [7, 11) is 0. The summed E-state index contributed by atoms with van der Waals surface area (Å²) in [6.07, 6.45) is 0.585. The highest BCUT2D eigenvalue weighted by atomic mass is 16.5. The molecule has 1 heterocycles. The second-order valence-electron chi connectivity index (χ2n) is 7.03. The SMILES string of the molecule is CCOc1ccc(N2C(=O)[C@@H](C)[C@H](Cc3cc(C)cc(C)c3)C2=O)cc1. The van der Waals surface area contributed by atoms with Gasteiger partial charge in [-0.15, -0.1) is 0 Å². The van der Waals surface area contributed by atoms with Crippen molar-refractivity contribution in [1.29, 1.82) is 0 Å². The highest BCUT2D eigenvalue weighted by molar-refractivity contribution is 6.22. The Kier molecular flexibility index (Phi) is 5.12. The first-order chi connectivity index (χ1) is 12.4. The summed E-state index contributed by atoms with van der Waals surface area (Å²) in [4.78, 5) is 27.0. The number of imide groups is 1. The van der Waals surface area contributed by atoms with Crippen LogP contribution in [0.5, 0.6) is 5.75 Å². The molecule has 136 valence electrons. The Labute approximate surface area is 154 Å². The molecule has 2 aromatic carbocycles. The van der Waals surface area contributed by atoms with Gasteiger partial charge in [-0.05, 0) is 57.0 Å². The first kappa shape index (κ1) is 18.2. The molecule has 0 aromatic heterocycles. The lowest BCUT2D eigenvalue weighted by Gasteiger charge is -2.16. The molecular formula is C22H25NO3. The summed E-state index contributed by atoms with van der Waals surface area (Å²) in [5, 5.41) is 0. The van der Waals surface area contributed by atoms with Gasteiger partial charge in [0.25, 0.3) is 0 Å². The van der Waals surface area contributed by atoms with Crippen LogP contribution in [0.25, 0.3) is 0 Å². The minimum Gasteiger partial charge on any atom is -0.494 e. The molecule has 3 rings (SSSR count). The molecule has 0 N–H and O–H groups in total. The number of benzene rings is 2. The number of rotatable bonds is 5. The third kappa shape index (κ3) is 3.50. The Balaban J connectivity index is 1.84. The van der Waals surface area contributed by atoms with E-state index >= 15 is 0 Å². The minimum absolute atomic E-state index is 0.120. The van der Waals surface area contributed by atoms with E-state index in [1.807, 2.05) is 27.7 Å². The molecule has 4 nitrogen and oxygen atoms in total. The Morgan fingerprint density at radius 1 is 0.962 bits per heavy atom. The lowest BCUT2D eigenvalue weighted by molar-refractivity contribution is -0.122. The fraction of sp³-hybridized carbons (Fsp3) is 0.364. The van der Waals surface area contributed by atoms with Gasteiger partial charge in [0.2, 0.25) is 11.8 Å². The maximum Gasteiger partial charge on any atom is 0.238 e. The number of amides is 2. The van der Waals surface area contributed by atoms with Crippen LogP contribution in [0.3, 0.4) is 0 Å². The first-order valence-electron chi connectivity index (χ1n) is 9.08. The normalized spacial score (nSPS) is 19.9. The van der Waals surface area contributed by atoms with Crippen molar-refractivity contribution in [2.75, 3.05) is 11.5 Å². The number of hydrogen-bond donors (Lipinski definition) is 0. The molecule has 1 saturated heterocycles. The smallest absolute Gasteiger partial charge is 0.238 e. The molecule has 0 bridgehead atoms. The molecule has 0 aliphatic carbocycles. The maximum absolute atomic E-state index is 13.0. The molecule has 26 heavy (non-hydrogen) atoms. The Bertz CT molecular complexity index is 806. The number of carbonyl (C=O) groups is 2. The molecule has 2 amide bonds. The maximum atomic E-state index is 13.0. The lowest BCUT2D eigenvalue weighted by Crippen LogP contribution is -2.31. The molecule has 1 fully saturated rings. The highest BCUT2D eigenvalue weighted by Crippen LogP contribution is 2.34. The zero-order valence-corrected chi connectivity index (χ0v) is 15.8. The van der Waals surface area contributed by atoms with E-state index in [2.05, 4.69) is 18.2 Å². The van der Waals surface area contributed by atoms with Crippen LogP contribution in [-0.4, -0.2) is 18.4 Å². The van der Waals surface area contributed by atoms with E-state index < -0.39 is 0 Å². The quantitative estimate of drug-likeness (QED) is 0.763. The van der Waals surface area contributed by atoms with Crippen LogP contribution < -0.4 is 9.64 Å². The van der Waals surface area contributed by atoms with Gasteiger partial charge in [0.1, 0.15) is 5.75 Å². The summed E-state index contributed by atoms with van der Waals surface area (Å²) in [5.41, 5.74) is 4.06. The van der Waals surface area contributed by atoms with Crippen molar-refractivity contribution in [2.45, 2.75) is 34.1 Å². The standard InChI is InChI=1S/C22H25NO3/c1-5-26-19-8-6-18(7-9-19)23-21(24)16(4)20(22(23)25)13-17-11-14(2)10-15(3)12-17/h6-12,16,20H,5,13H2,1-4H3/t16-,20-/m0/s1. The monoisotopic (exact) mass is 351 g/mol. The second-order valence-corrected chi connectivity index (χ2v) is 7.03. The average Bonchev–Trinajstić information content (AvgIpc) is 2.79. The molecule has 2 aromatic rings. The molecule has 1 aliphatic heterocycles. The van der Waals surface area contributed by atoms with Gasteiger partial charge >= 0.3 is 0 Å². The average molecular weight is 351 g/mol. The van der Waals surface area contributed by atoms with Gasteiger partial charge in [0.05, 0.1) is 18.2 Å². The van der Waals surface area contributed by atoms with Crippen LogP contribution in [0, 0.1) is 25.7 Å². The van der Waals surface area contributed by atoms with Crippen LogP contribution in [-0.2, 0) is 16.0 Å². The first-order valence-corrected chi connectivity index (χ1v) is 9.08. The fourth-order valence-electron chi connectivity index (χ4n) is 3.68. The molecule has 1 aliphatic rings. The van der Waals surface area contributed by atoms with Gasteiger partial charge in [-0.2, -0.15) is 0 Å². The van der Waals surface area contributed by atoms with Gasteiger partial charge < -0.3 is 4.74 Å². The van der Waals surface area contributed by atoms with Gasteiger partial charge in [0.15, 0.2) is 0 Å². The third-order valence-electron chi connectivity index (χ3n) is 4.89. The summed E-state index contributed by atoms with van der Waals surface area (Å²) >= 11 is 0. The Morgan fingerprint density at radius 2 is 1.58 bits per heavy atom. The van der Waals surface area contributed by atoms with Crippen molar-refractivity contribution < 1.29 is 14.3 Å². The van der Waals surface area contributed by atoms with Crippen LogP contribution in [0.2, 0.25) is 0 Å². The predicted octanol–water partition coefficient (Wildman–Crippen LogP) is 4.07. The van der Waals surface area contributed by atoms with E-state index in [9.17, 15) is 9.59 Å². The Morgan fingerprint density at radius 3 is 2.15 bits per heavy atom. The largest absolute Gasteiger partial charge is 0.494 e. The van der Waals surface area contributed by atoms with E-state index in [0.29, 0.717) is 18.7 Å². The number of carbonyl (C=O) groups excluding carboxylic acids is 2. The number of anilines is 1. The summed E-state index contributed by atoms with van der Waals surface area (Å²) in [6, 6.07) is 13.4. The molecule has 0 radical (unpaired) electrons.